The molecule has 0 radical (unpaired) electrons. The molecule has 0 fully saturated rings. The van der Waals surface area contributed by atoms with Crippen LogP contribution in [0.1, 0.15) is 5.56 Å². The van der Waals surface area contributed by atoms with E-state index in [-0.39, 0.29) is 0 Å². The van der Waals surface area contributed by atoms with Crippen molar-refractivity contribution in [2.45, 2.75) is 6.92 Å². The van der Waals surface area contributed by atoms with Gasteiger partial charge < -0.3 is 8.98 Å². The van der Waals surface area contributed by atoms with Gasteiger partial charge in [0.05, 0.1) is 11.0 Å². The summed E-state index contributed by atoms with van der Waals surface area (Å²) >= 11 is 0. The molecule has 0 N–H and O–H groups in total. The summed E-state index contributed by atoms with van der Waals surface area (Å²) in [6, 6.07) is 47.6. The second-order valence-corrected chi connectivity index (χ2v) is 10.3. The van der Waals surface area contributed by atoms with Crippen LogP contribution in [0.15, 0.2) is 138 Å². The van der Waals surface area contributed by atoms with E-state index in [1.807, 2.05) is 6.07 Å². The lowest BCUT2D eigenvalue weighted by Crippen LogP contribution is -1.94. The molecule has 2 aromatic heterocycles. The van der Waals surface area contributed by atoms with Crippen LogP contribution in [0.25, 0.3) is 71.7 Å². The van der Waals surface area contributed by atoms with Crippen LogP contribution in [0.3, 0.4) is 0 Å². The Morgan fingerprint density at radius 2 is 1.08 bits per heavy atom. The number of rotatable bonds is 3. The summed E-state index contributed by atoms with van der Waals surface area (Å²) in [4.78, 5) is 0. The van der Waals surface area contributed by atoms with Crippen molar-refractivity contribution in [1.82, 2.24) is 4.57 Å². The molecule has 0 bridgehead atoms. The third-order valence-electron chi connectivity index (χ3n) is 7.89. The zero-order chi connectivity index (χ0) is 25.9. The molecule has 2 heteroatoms. The molecule has 8 rings (SSSR count). The van der Waals surface area contributed by atoms with Crippen molar-refractivity contribution in [3.8, 4) is 27.9 Å². The van der Waals surface area contributed by atoms with Crippen molar-refractivity contribution in [2.75, 3.05) is 0 Å². The van der Waals surface area contributed by atoms with E-state index in [2.05, 4.69) is 139 Å². The van der Waals surface area contributed by atoms with Gasteiger partial charge in [-0.1, -0.05) is 115 Å². The average Bonchev–Trinajstić information content (AvgIpc) is 3.54. The Hall–Kier alpha value is -5.08. The molecule has 0 saturated carbocycles. The fourth-order valence-corrected chi connectivity index (χ4v) is 6.00. The Bertz CT molecular complexity index is 2160. The van der Waals surface area contributed by atoms with Gasteiger partial charge >= 0.3 is 0 Å². The van der Waals surface area contributed by atoms with E-state index >= 15 is 0 Å². The maximum absolute atomic E-state index is 6.72. The first-order chi connectivity index (χ1) is 19.3. The predicted molar refractivity (Wildman–Crippen MR) is 164 cm³/mol. The molecular formula is C37H25NO. The van der Waals surface area contributed by atoms with Gasteiger partial charge in [0.15, 0.2) is 0 Å². The summed E-state index contributed by atoms with van der Waals surface area (Å²) in [6.45, 7) is 2.13. The molecule has 184 valence electrons. The molecule has 2 nitrogen and oxygen atoms in total. The van der Waals surface area contributed by atoms with Gasteiger partial charge in [0.1, 0.15) is 11.2 Å². The smallest absolute Gasteiger partial charge is 0.143 e. The van der Waals surface area contributed by atoms with E-state index in [9.17, 15) is 0 Å². The number of hydrogen-bond acceptors (Lipinski definition) is 1. The fourth-order valence-electron chi connectivity index (χ4n) is 6.00. The summed E-state index contributed by atoms with van der Waals surface area (Å²) < 4.78 is 9.09. The van der Waals surface area contributed by atoms with Crippen LogP contribution in [0.5, 0.6) is 0 Å². The molecule has 8 aromatic rings. The zero-order valence-corrected chi connectivity index (χ0v) is 21.6. The van der Waals surface area contributed by atoms with E-state index < -0.39 is 0 Å². The Balaban J connectivity index is 1.40. The SMILES string of the molecule is Cc1ccc(-n2c3ccccc3c3ccc(-c4cccc5c4oc4c(-c6ccccc6)cccc45)cc32)cc1. The Morgan fingerprint density at radius 3 is 1.82 bits per heavy atom. The number of nitrogens with zero attached hydrogens (tertiary/aromatic N) is 1. The van der Waals surface area contributed by atoms with Gasteiger partial charge in [0.2, 0.25) is 0 Å². The van der Waals surface area contributed by atoms with Gasteiger partial charge in [0.25, 0.3) is 0 Å². The molecule has 0 saturated heterocycles. The van der Waals surface area contributed by atoms with Crippen LogP contribution in [0.4, 0.5) is 0 Å². The zero-order valence-electron chi connectivity index (χ0n) is 21.6. The van der Waals surface area contributed by atoms with Crippen molar-refractivity contribution < 1.29 is 4.42 Å². The minimum absolute atomic E-state index is 0.924. The number of para-hydroxylation sites is 3. The quantitative estimate of drug-likeness (QED) is 0.236. The molecular weight excluding hydrogens is 474 g/mol. The molecule has 0 aliphatic heterocycles. The number of hydrogen-bond donors (Lipinski definition) is 0. The summed E-state index contributed by atoms with van der Waals surface area (Å²) in [5.74, 6) is 0. The van der Waals surface area contributed by atoms with E-state index in [1.165, 1.54) is 33.1 Å². The van der Waals surface area contributed by atoms with Crippen molar-refractivity contribution in [3.63, 3.8) is 0 Å². The molecule has 0 aliphatic rings. The molecule has 39 heavy (non-hydrogen) atoms. The van der Waals surface area contributed by atoms with Crippen LogP contribution in [-0.2, 0) is 0 Å². The van der Waals surface area contributed by atoms with Gasteiger partial charge in [-0.3, -0.25) is 0 Å². The van der Waals surface area contributed by atoms with E-state index in [4.69, 9.17) is 4.42 Å². The highest BCUT2D eigenvalue weighted by Gasteiger charge is 2.17. The molecule has 6 aromatic carbocycles. The number of aromatic nitrogens is 1. The Labute approximate surface area is 226 Å². The van der Waals surface area contributed by atoms with Crippen molar-refractivity contribution in [3.05, 3.63) is 139 Å². The maximum atomic E-state index is 6.72. The van der Waals surface area contributed by atoms with Crippen LogP contribution < -0.4 is 0 Å². The van der Waals surface area contributed by atoms with Gasteiger partial charge in [-0.05, 0) is 42.3 Å². The van der Waals surface area contributed by atoms with Gasteiger partial charge in [0, 0.05) is 38.4 Å². The highest BCUT2D eigenvalue weighted by molar-refractivity contribution is 6.14. The summed E-state index contributed by atoms with van der Waals surface area (Å²) in [5, 5.41) is 4.79. The third-order valence-corrected chi connectivity index (χ3v) is 7.89. The number of furan rings is 1. The second-order valence-electron chi connectivity index (χ2n) is 10.3. The molecule has 0 spiro atoms. The normalized spacial score (nSPS) is 11.7. The lowest BCUT2D eigenvalue weighted by molar-refractivity contribution is 0.671. The average molecular weight is 500 g/mol. The standard InChI is InChI=1S/C37H25NO/c1-24-17-20-27(21-18-24)38-34-16-6-5-11-30(34)31-22-19-26(23-35(31)38)29-13-8-15-33-32-14-7-12-28(36(32)39-37(29)33)25-9-3-2-4-10-25/h2-23H,1H3. The summed E-state index contributed by atoms with van der Waals surface area (Å²) in [5.41, 5.74) is 11.2. The lowest BCUT2D eigenvalue weighted by atomic mass is 9.99. The minimum atomic E-state index is 0.924. The fraction of sp³-hybridized carbons (Fsp3) is 0.0270. The number of fused-ring (bicyclic) bond motifs is 6. The summed E-state index contributed by atoms with van der Waals surface area (Å²) in [7, 11) is 0. The number of benzene rings is 6. The van der Waals surface area contributed by atoms with Gasteiger partial charge in [-0.15, -0.1) is 0 Å². The minimum Gasteiger partial charge on any atom is -0.455 e. The first kappa shape index (κ1) is 22.0. The van der Waals surface area contributed by atoms with Crippen LogP contribution >= 0.6 is 0 Å². The van der Waals surface area contributed by atoms with Gasteiger partial charge in [-0.25, -0.2) is 0 Å². The van der Waals surface area contributed by atoms with Crippen LogP contribution in [0, 0.1) is 6.92 Å². The van der Waals surface area contributed by atoms with Crippen LogP contribution in [0.2, 0.25) is 0 Å². The largest absolute Gasteiger partial charge is 0.455 e. The van der Waals surface area contributed by atoms with E-state index in [0.29, 0.717) is 0 Å². The van der Waals surface area contributed by atoms with E-state index in [0.717, 1.165) is 44.2 Å². The Kier molecular flexibility index (Phi) is 4.77. The van der Waals surface area contributed by atoms with Crippen LogP contribution in [-0.4, -0.2) is 4.57 Å². The summed E-state index contributed by atoms with van der Waals surface area (Å²) in [6.07, 6.45) is 0. The second kappa shape index (κ2) is 8.47. The first-order valence-corrected chi connectivity index (χ1v) is 13.4. The first-order valence-electron chi connectivity index (χ1n) is 13.4. The Morgan fingerprint density at radius 1 is 0.462 bits per heavy atom. The van der Waals surface area contributed by atoms with E-state index in [1.54, 1.807) is 0 Å². The third kappa shape index (κ3) is 3.35. The van der Waals surface area contributed by atoms with Crippen molar-refractivity contribution >= 4 is 43.7 Å². The lowest BCUT2D eigenvalue weighted by Gasteiger charge is -2.09. The predicted octanol–water partition coefficient (Wildman–Crippen LogP) is 10.3. The highest BCUT2D eigenvalue weighted by atomic mass is 16.3. The monoisotopic (exact) mass is 499 g/mol. The molecule has 0 amide bonds. The molecule has 0 aliphatic carbocycles. The molecule has 0 unspecified atom stereocenters. The maximum Gasteiger partial charge on any atom is 0.143 e. The van der Waals surface area contributed by atoms with Gasteiger partial charge in [-0.2, -0.15) is 0 Å². The molecule has 2 heterocycles. The number of aryl methyl sites for hydroxylation is 1. The topological polar surface area (TPSA) is 18.1 Å². The van der Waals surface area contributed by atoms with Crippen molar-refractivity contribution in [1.29, 1.82) is 0 Å². The molecule has 0 atom stereocenters. The van der Waals surface area contributed by atoms with Crippen molar-refractivity contribution in [2.24, 2.45) is 0 Å². The highest BCUT2D eigenvalue weighted by Crippen LogP contribution is 2.41.